The Kier molecular flexibility index (Phi) is 7.27. The molecule has 0 bridgehead atoms. The highest BCUT2D eigenvalue weighted by Gasteiger charge is 2.33. The van der Waals surface area contributed by atoms with E-state index in [1.807, 2.05) is 13.8 Å². The van der Waals surface area contributed by atoms with Gasteiger partial charge in [0.1, 0.15) is 11.7 Å². The van der Waals surface area contributed by atoms with Crippen LogP contribution < -0.4 is 10.6 Å². The zero-order valence-corrected chi connectivity index (χ0v) is 18.6. The van der Waals surface area contributed by atoms with E-state index in [4.69, 9.17) is 23.2 Å². The standard InChI is InChI=1S/C22H26Cl2N4O2/c1-12(2)9-14(11-25)26-21(29)15-5-3-4-6-17(15)28-22(30)18-10-13-7-8-16(23)19(24)20(13)27-18/h7-8,10,12,14-15,17,27H,3-6,9H2,1-2H3,(H,26,29)(H,28,30)/t14-,15+,17-/m0/s1. The SMILES string of the molecule is CC(C)C[C@@H](C#N)NC(=O)[C@@H]1CCCC[C@@H]1NC(=O)c1cc2ccc(Cl)c(Cl)c2[nH]1. The average molecular weight is 449 g/mol. The van der Waals surface area contributed by atoms with Gasteiger partial charge in [0.2, 0.25) is 5.91 Å². The zero-order valence-electron chi connectivity index (χ0n) is 17.1. The van der Waals surface area contributed by atoms with Crippen LogP contribution >= 0.6 is 23.2 Å². The van der Waals surface area contributed by atoms with Crippen molar-refractivity contribution in [2.75, 3.05) is 0 Å². The quantitative estimate of drug-likeness (QED) is 0.590. The van der Waals surface area contributed by atoms with Crippen LogP contribution in [0, 0.1) is 23.2 Å². The van der Waals surface area contributed by atoms with Crippen molar-refractivity contribution in [3.63, 3.8) is 0 Å². The molecule has 3 rings (SSSR count). The van der Waals surface area contributed by atoms with Crippen LogP contribution in [0.1, 0.15) is 56.4 Å². The number of aromatic nitrogens is 1. The Hall–Kier alpha value is -2.23. The molecule has 1 aromatic heterocycles. The minimum Gasteiger partial charge on any atom is -0.349 e. The largest absolute Gasteiger partial charge is 0.349 e. The van der Waals surface area contributed by atoms with Gasteiger partial charge in [0, 0.05) is 11.4 Å². The Balaban J connectivity index is 1.72. The summed E-state index contributed by atoms with van der Waals surface area (Å²) in [6.07, 6.45) is 3.87. The van der Waals surface area contributed by atoms with Crippen molar-refractivity contribution in [3.8, 4) is 6.07 Å². The monoisotopic (exact) mass is 448 g/mol. The van der Waals surface area contributed by atoms with Gasteiger partial charge in [0.05, 0.1) is 27.5 Å². The third kappa shape index (κ3) is 5.08. The highest BCUT2D eigenvalue weighted by Crippen LogP contribution is 2.31. The fraction of sp³-hybridized carbons (Fsp3) is 0.500. The fourth-order valence-corrected chi connectivity index (χ4v) is 4.40. The molecular weight excluding hydrogens is 423 g/mol. The molecule has 1 heterocycles. The number of hydrogen-bond acceptors (Lipinski definition) is 3. The van der Waals surface area contributed by atoms with Gasteiger partial charge in [-0.1, -0.05) is 56.0 Å². The second kappa shape index (κ2) is 9.72. The van der Waals surface area contributed by atoms with E-state index in [1.54, 1.807) is 18.2 Å². The van der Waals surface area contributed by atoms with Gasteiger partial charge in [-0.25, -0.2) is 0 Å². The first kappa shape index (κ1) is 22.5. The Morgan fingerprint density at radius 1 is 1.27 bits per heavy atom. The lowest BCUT2D eigenvalue weighted by atomic mass is 9.83. The van der Waals surface area contributed by atoms with E-state index < -0.39 is 6.04 Å². The van der Waals surface area contributed by atoms with Crippen LogP contribution in [-0.4, -0.2) is 28.9 Å². The van der Waals surface area contributed by atoms with Gasteiger partial charge in [-0.15, -0.1) is 0 Å². The van der Waals surface area contributed by atoms with Gasteiger partial charge < -0.3 is 15.6 Å². The Bertz CT molecular complexity index is 979. The number of nitrogens with zero attached hydrogens (tertiary/aromatic N) is 1. The summed E-state index contributed by atoms with van der Waals surface area (Å²) < 4.78 is 0. The molecule has 2 aromatic rings. The van der Waals surface area contributed by atoms with Crippen molar-refractivity contribution < 1.29 is 9.59 Å². The second-order valence-corrected chi connectivity index (χ2v) is 9.08. The Morgan fingerprint density at radius 2 is 2.00 bits per heavy atom. The van der Waals surface area contributed by atoms with Crippen molar-refractivity contribution in [1.82, 2.24) is 15.6 Å². The molecule has 0 spiro atoms. The molecular formula is C22H26Cl2N4O2. The number of H-pyrrole nitrogens is 1. The zero-order chi connectivity index (χ0) is 21.8. The molecule has 2 amide bonds. The lowest BCUT2D eigenvalue weighted by molar-refractivity contribution is -0.127. The summed E-state index contributed by atoms with van der Waals surface area (Å²) in [4.78, 5) is 28.7. The smallest absolute Gasteiger partial charge is 0.267 e. The van der Waals surface area contributed by atoms with E-state index in [2.05, 4.69) is 21.7 Å². The lowest BCUT2D eigenvalue weighted by Gasteiger charge is -2.31. The normalized spacial score (nSPS) is 20.0. The minimum absolute atomic E-state index is 0.168. The molecule has 30 heavy (non-hydrogen) atoms. The first-order valence-corrected chi connectivity index (χ1v) is 11.0. The number of fused-ring (bicyclic) bond motifs is 1. The number of carbonyl (C=O) groups is 2. The molecule has 3 N–H and O–H groups in total. The Labute approximate surface area is 186 Å². The van der Waals surface area contributed by atoms with E-state index >= 15 is 0 Å². The molecule has 1 aliphatic carbocycles. The summed E-state index contributed by atoms with van der Waals surface area (Å²) in [5.41, 5.74) is 0.978. The molecule has 1 fully saturated rings. The van der Waals surface area contributed by atoms with Crippen LogP contribution in [0.4, 0.5) is 0 Å². The molecule has 8 heteroatoms. The van der Waals surface area contributed by atoms with Crippen molar-refractivity contribution in [3.05, 3.63) is 33.9 Å². The number of amides is 2. The topological polar surface area (TPSA) is 97.8 Å². The van der Waals surface area contributed by atoms with E-state index in [0.29, 0.717) is 40.0 Å². The summed E-state index contributed by atoms with van der Waals surface area (Å²) >= 11 is 12.3. The predicted molar refractivity (Wildman–Crippen MR) is 119 cm³/mol. The summed E-state index contributed by atoms with van der Waals surface area (Å²) in [7, 11) is 0. The first-order chi connectivity index (χ1) is 14.3. The van der Waals surface area contributed by atoms with Gasteiger partial charge >= 0.3 is 0 Å². The van der Waals surface area contributed by atoms with Crippen molar-refractivity contribution in [2.24, 2.45) is 11.8 Å². The molecule has 0 unspecified atom stereocenters. The first-order valence-electron chi connectivity index (χ1n) is 10.3. The molecule has 0 radical (unpaired) electrons. The van der Waals surface area contributed by atoms with E-state index in [0.717, 1.165) is 24.6 Å². The number of benzene rings is 1. The van der Waals surface area contributed by atoms with Crippen LogP contribution in [0.5, 0.6) is 0 Å². The maximum Gasteiger partial charge on any atom is 0.267 e. The van der Waals surface area contributed by atoms with Crippen molar-refractivity contribution in [1.29, 1.82) is 5.26 Å². The number of rotatable bonds is 6. The number of carbonyl (C=O) groups excluding carboxylic acids is 2. The highest BCUT2D eigenvalue weighted by molar-refractivity contribution is 6.45. The minimum atomic E-state index is -0.517. The fourth-order valence-electron chi connectivity index (χ4n) is 4.02. The van der Waals surface area contributed by atoms with E-state index in [-0.39, 0.29) is 23.8 Å². The summed E-state index contributed by atoms with van der Waals surface area (Å²) in [5, 5.41) is 16.8. The number of aromatic amines is 1. The molecule has 0 saturated heterocycles. The van der Waals surface area contributed by atoms with Gasteiger partial charge in [-0.2, -0.15) is 5.26 Å². The third-order valence-electron chi connectivity index (χ3n) is 5.53. The number of nitrogens with one attached hydrogen (secondary N) is 3. The van der Waals surface area contributed by atoms with Crippen molar-refractivity contribution in [2.45, 2.75) is 58.0 Å². The average Bonchev–Trinajstić information content (AvgIpc) is 3.15. The van der Waals surface area contributed by atoms with Gasteiger partial charge in [0.25, 0.3) is 5.91 Å². The molecule has 6 nitrogen and oxygen atoms in total. The molecule has 1 aromatic carbocycles. The van der Waals surface area contributed by atoms with Crippen LogP contribution in [0.15, 0.2) is 18.2 Å². The Morgan fingerprint density at radius 3 is 2.70 bits per heavy atom. The maximum atomic E-state index is 12.9. The molecule has 3 atom stereocenters. The summed E-state index contributed by atoms with van der Waals surface area (Å²) in [5.74, 6) is -0.506. The molecule has 0 aliphatic heterocycles. The van der Waals surface area contributed by atoms with Crippen molar-refractivity contribution >= 4 is 45.9 Å². The van der Waals surface area contributed by atoms with Gasteiger partial charge in [0.15, 0.2) is 0 Å². The number of halogens is 2. The van der Waals surface area contributed by atoms with Crippen LogP contribution in [0.25, 0.3) is 10.9 Å². The predicted octanol–water partition coefficient (Wildman–Crippen LogP) is 4.82. The molecule has 1 saturated carbocycles. The molecule has 1 aliphatic rings. The van der Waals surface area contributed by atoms with Gasteiger partial charge in [-0.05, 0) is 37.3 Å². The highest BCUT2D eigenvalue weighted by atomic mass is 35.5. The second-order valence-electron chi connectivity index (χ2n) is 8.30. The summed E-state index contributed by atoms with van der Waals surface area (Å²) in [6.45, 7) is 4.03. The number of nitriles is 1. The molecule has 160 valence electrons. The number of hydrogen-bond donors (Lipinski definition) is 3. The van der Waals surface area contributed by atoms with Crippen LogP contribution in [0.3, 0.4) is 0 Å². The maximum absolute atomic E-state index is 12.9. The van der Waals surface area contributed by atoms with Crippen LogP contribution in [0.2, 0.25) is 10.0 Å². The van der Waals surface area contributed by atoms with Crippen LogP contribution in [-0.2, 0) is 4.79 Å². The lowest BCUT2D eigenvalue weighted by Crippen LogP contribution is -2.50. The third-order valence-corrected chi connectivity index (χ3v) is 6.33. The van der Waals surface area contributed by atoms with Gasteiger partial charge in [-0.3, -0.25) is 9.59 Å². The van der Waals surface area contributed by atoms with E-state index in [9.17, 15) is 14.9 Å². The van der Waals surface area contributed by atoms with E-state index in [1.165, 1.54) is 0 Å². The summed E-state index contributed by atoms with van der Waals surface area (Å²) in [6, 6.07) is 6.57.